The van der Waals surface area contributed by atoms with Crippen LogP contribution >= 0.6 is 0 Å². The second kappa shape index (κ2) is 6.72. The molecule has 0 aliphatic carbocycles. The first-order valence-electron chi connectivity index (χ1n) is 6.13. The molecule has 0 amide bonds. The van der Waals surface area contributed by atoms with Crippen LogP contribution in [0.4, 0.5) is 4.39 Å². The zero-order valence-corrected chi connectivity index (χ0v) is 11.2. The third-order valence-corrected chi connectivity index (χ3v) is 3.06. The van der Waals surface area contributed by atoms with Crippen LogP contribution < -0.4 is 5.32 Å². The number of hydrogen-bond acceptors (Lipinski definition) is 2. The highest BCUT2D eigenvalue weighted by molar-refractivity contribution is 5.16. The van der Waals surface area contributed by atoms with Gasteiger partial charge in [-0.2, -0.15) is 0 Å². The number of hydrogen-bond donors (Lipinski definition) is 1. The molecule has 0 spiro atoms. The zero-order chi connectivity index (χ0) is 12.8. The van der Waals surface area contributed by atoms with Gasteiger partial charge in [0.1, 0.15) is 5.82 Å². The van der Waals surface area contributed by atoms with E-state index in [1.807, 2.05) is 12.1 Å². The summed E-state index contributed by atoms with van der Waals surface area (Å²) in [6, 6.07) is 7.38. The van der Waals surface area contributed by atoms with Crippen molar-refractivity contribution in [1.29, 1.82) is 0 Å². The molecule has 1 N–H and O–H groups in total. The molecule has 1 aromatic rings. The topological polar surface area (TPSA) is 15.3 Å². The largest absolute Gasteiger partial charge is 0.311 e. The molecule has 96 valence electrons. The standard InChI is InChI=1S/C14H23FN2/c1-11(2)14(17(3)4)10-16-9-12-7-5-6-8-13(12)15/h5-8,11,14,16H,9-10H2,1-4H3. The Hall–Kier alpha value is -0.930. The number of likely N-dealkylation sites (N-methyl/N-ethyl adjacent to an activating group) is 1. The summed E-state index contributed by atoms with van der Waals surface area (Å²) in [5, 5.41) is 3.32. The molecular formula is C14H23FN2. The molecule has 1 atom stereocenters. The Balaban J connectivity index is 2.44. The van der Waals surface area contributed by atoms with E-state index in [2.05, 4.69) is 38.2 Å². The summed E-state index contributed by atoms with van der Waals surface area (Å²) in [5.41, 5.74) is 0.730. The van der Waals surface area contributed by atoms with E-state index in [0.717, 1.165) is 12.1 Å². The van der Waals surface area contributed by atoms with E-state index in [4.69, 9.17) is 0 Å². The maximum Gasteiger partial charge on any atom is 0.127 e. The average Bonchev–Trinajstić information content (AvgIpc) is 2.25. The Labute approximate surface area is 104 Å². The van der Waals surface area contributed by atoms with Crippen molar-refractivity contribution in [2.24, 2.45) is 5.92 Å². The maximum absolute atomic E-state index is 13.4. The van der Waals surface area contributed by atoms with E-state index in [9.17, 15) is 4.39 Å². The van der Waals surface area contributed by atoms with Gasteiger partial charge < -0.3 is 10.2 Å². The Morgan fingerprint density at radius 2 is 1.88 bits per heavy atom. The second-order valence-electron chi connectivity index (χ2n) is 5.00. The van der Waals surface area contributed by atoms with Crippen molar-refractivity contribution in [3.05, 3.63) is 35.6 Å². The highest BCUT2D eigenvalue weighted by Gasteiger charge is 2.14. The van der Waals surface area contributed by atoms with E-state index >= 15 is 0 Å². The van der Waals surface area contributed by atoms with Crippen molar-refractivity contribution >= 4 is 0 Å². The Kier molecular flexibility index (Phi) is 5.59. The predicted molar refractivity (Wildman–Crippen MR) is 70.4 cm³/mol. The molecule has 1 unspecified atom stereocenters. The molecule has 0 saturated carbocycles. The lowest BCUT2D eigenvalue weighted by atomic mass is 10.0. The van der Waals surface area contributed by atoms with E-state index in [0.29, 0.717) is 18.5 Å². The molecule has 3 heteroatoms. The summed E-state index contributed by atoms with van der Waals surface area (Å²) in [4.78, 5) is 2.21. The number of nitrogens with zero attached hydrogens (tertiary/aromatic N) is 1. The van der Waals surface area contributed by atoms with Crippen LogP contribution in [0.15, 0.2) is 24.3 Å². The van der Waals surface area contributed by atoms with Crippen molar-refractivity contribution in [2.45, 2.75) is 26.4 Å². The fourth-order valence-corrected chi connectivity index (χ4v) is 2.01. The first-order valence-corrected chi connectivity index (χ1v) is 6.13. The average molecular weight is 238 g/mol. The molecule has 2 nitrogen and oxygen atoms in total. The molecule has 0 heterocycles. The third kappa shape index (κ3) is 4.44. The number of rotatable bonds is 6. The number of nitrogens with one attached hydrogen (secondary N) is 1. The smallest absolute Gasteiger partial charge is 0.127 e. The second-order valence-corrected chi connectivity index (χ2v) is 5.00. The molecule has 0 aliphatic rings. The normalized spacial score (nSPS) is 13.4. The molecular weight excluding hydrogens is 215 g/mol. The molecule has 1 rings (SSSR count). The zero-order valence-electron chi connectivity index (χ0n) is 11.2. The van der Waals surface area contributed by atoms with Gasteiger partial charge in [0.15, 0.2) is 0 Å². The maximum atomic E-state index is 13.4. The van der Waals surface area contributed by atoms with Gasteiger partial charge in [0.05, 0.1) is 0 Å². The van der Waals surface area contributed by atoms with Gasteiger partial charge in [-0.25, -0.2) is 4.39 Å². The predicted octanol–water partition coefficient (Wildman–Crippen LogP) is 2.50. The van der Waals surface area contributed by atoms with Crippen LogP contribution in [0, 0.1) is 11.7 Å². The van der Waals surface area contributed by atoms with Crippen molar-refractivity contribution < 1.29 is 4.39 Å². The minimum atomic E-state index is -0.133. The van der Waals surface area contributed by atoms with Crippen molar-refractivity contribution in [3.63, 3.8) is 0 Å². The first-order chi connectivity index (χ1) is 8.02. The molecule has 0 bridgehead atoms. The van der Waals surface area contributed by atoms with E-state index in [1.165, 1.54) is 6.07 Å². The molecule has 0 saturated heterocycles. The quantitative estimate of drug-likeness (QED) is 0.819. The lowest BCUT2D eigenvalue weighted by Gasteiger charge is -2.28. The summed E-state index contributed by atoms with van der Waals surface area (Å²) in [6.45, 7) is 5.87. The molecule has 1 aromatic carbocycles. The third-order valence-electron chi connectivity index (χ3n) is 3.06. The highest BCUT2D eigenvalue weighted by atomic mass is 19.1. The van der Waals surface area contributed by atoms with E-state index in [1.54, 1.807) is 6.07 Å². The van der Waals surface area contributed by atoms with Crippen LogP contribution in [0.3, 0.4) is 0 Å². The summed E-state index contributed by atoms with van der Waals surface area (Å²) < 4.78 is 13.4. The van der Waals surface area contributed by atoms with Crippen molar-refractivity contribution in [1.82, 2.24) is 10.2 Å². The van der Waals surface area contributed by atoms with Gasteiger partial charge in [-0.15, -0.1) is 0 Å². The van der Waals surface area contributed by atoms with Crippen LogP contribution in [-0.2, 0) is 6.54 Å². The number of halogens is 1. The minimum Gasteiger partial charge on any atom is -0.311 e. The molecule has 0 radical (unpaired) electrons. The van der Waals surface area contributed by atoms with Gasteiger partial charge in [-0.1, -0.05) is 32.0 Å². The van der Waals surface area contributed by atoms with Crippen molar-refractivity contribution in [2.75, 3.05) is 20.6 Å². The summed E-state index contributed by atoms with van der Waals surface area (Å²) in [7, 11) is 4.16. The van der Waals surface area contributed by atoms with Crippen LogP contribution in [0.5, 0.6) is 0 Å². The molecule has 17 heavy (non-hydrogen) atoms. The number of benzene rings is 1. The van der Waals surface area contributed by atoms with Gasteiger partial charge in [0, 0.05) is 24.7 Å². The van der Waals surface area contributed by atoms with Crippen LogP contribution in [-0.4, -0.2) is 31.6 Å². The lowest BCUT2D eigenvalue weighted by molar-refractivity contribution is 0.224. The summed E-state index contributed by atoms with van der Waals surface area (Å²) >= 11 is 0. The summed E-state index contributed by atoms with van der Waals surface area (Å²) in [5.74, 6) is 0.448. The van der Waals surface area contributed by atoms with Gasteiger partial charge >= 0.3 is 0 Å². The summed E-state index contributed by atoms with van der Waals surface area (Å²) in [6.07, 6.45) is 0. The van der Waals surface area contributed by atoms with Gasteiger partial charge in [-0.3, -0.25) is 0 Å². The van der Waals surface area contributed by atoms with Gasteiger partial charge in [0.2, 0.25) is 0 Å². The van der Waals surface area contributed by atoms with E-state index in [-0.39, 0.29) is 5.82 Å². The van der Waals surface area contributed by atoms with Gasteiger partial charge in [-0.05, 0) is 26.1 Å². The highest BCUT2D eigenvalue weighted by Crippen LogP contribution is 2.08. The minimum absolute atomic E-state index is 0.133. The Morgan fingerprint density at radius 3 is 2.41 bits per heavy atom. The first kappa shape index (κ1) is 14.1. The Morgan fingerprint density at radius 1 is 1.24 bits per heavy atom. The monoisotopic (exact) mass is 238 g/mol. The van der Waals surface area contributed by atoms with Crippen LogP contribution in [0.2, 0.25) is 0 Å². The fourth-order valence-electron chi connectivity index (χ4n) is 2.01. The van der Waals surface area contributed by atoms with E-state index < -0.39 is 0 Å². The molecule has 0 fully saturated rings. The van der Waals surface area contributed by atoms with Crippen LogP contribution in [0.1, 0.15) is 19.4 Å². The van der Waals surface area contributed by atoms with Gasteiger partial charge in [0.25, 0.3) is 0 Å². The fraction of sp³-hybridized carbons (Fsp3) is 0.571. The van der Waals surface area contributed by atoms with Crippen molar-refractivity contribution in [3.8, 4) is 0 Å². The lowest BCUT2D eigenvalue weighted by Crippen LogP contribution is -2.41. The Bertz CT molecular complexity index is 329. The molecule has 0 aromatic heterocycles. The SMILES string of the molecule is CC(C)C(CNCc1ccccc1F)N(C)C. The van der Waals surface area contributed by atoms with Crippen LogP contribution in [0.25, 0.3) is 0 Å². The molecule has 0 aliphatic heterocycles.